The normalized spacial score (nSPS) is 10.0. The Morgan fingerprint density at radius 3 is 2.54 bits per heavy atom. The van der Waals surface area contributed by atoms with Crippen molar-refractivity contribution in [3.63, 3.8) is 0 Å². The quantitative estimate of drug-likeness (QED) is 0.615. The van der Waals surface area contributed by atoms with E-state index in [0.717, 1.165) is 22.5 Å². The fourth-order valence-electron chi connectivity index (χ4n) is 1.16. The molecule has 0 amide bonds. The molecule has 0 unspecified atom stereocenters. The van der Waals surface area contributed by atoms with Crippen LogP contribution in [0.15, 0.2) is 22.7 Å². The van der Waals surface area contributed by atoms with Gasteiger partial charge >= 0.3 is 0 Å². The molecule has 1 aromatic carbocycles. The number of alkyl halides is 1. The van der Waals surface area contributed by atoms with Gasteiger partial charge in [0, 0.05) is 16.2 Å². The highest BCUT2D eigenvalue weighted by molar-refractivity contribution is 9.10. The molecule has 0 saturated carbocycles. The van der Waals surface area contributed by atoms with Crippen molar-refractivity contribution in [1.82, 2.24) is 0 Å². The number of carbonyl (C=O) groups is 1. The highest BCUT2D eigenvalue weighted by Crippen LogP contribution is 2.18. The number of benzene rings is 1. The zero-order valence-corrected chi connectivity index (χ0v) is 10.3. The topological polar surface area (TPSA) is 17.1 Å². The van der Waals surface area contributed by atoms with E-state index < -0.39 is 0 Å². The van der Waals surface area contributed by atoms with Gasteiger partial charge in [-0.05, 0) is 29.7 Å². The Balaban J connectivity index is 2.81. The summed E-state index contributed by atoms with van der Waals surface area (Å²) in [5.74, 6) is 0. The van der Waals surface area contributed by atoms with E-state index in [-0.39, 0.29) is 0 Å². The predicted octanol–water partition coefficient (Wildman–Crippen LogP) is 3.48. The molecule has 0 aliphatic heterocycles. The molecule has 3 heteroatoms. The first-order valence-corrected chi connectivity index (χ1v) is 5.95. The molecule has 0 aromatic heterocycles. The van der Waals surface area contributed by atoms with Gasteiger partial charge in [0.1, 0.15) is 6.29 Å². The maximum Gasteiger partial charge on any atom is 0.120 e. The summed E-state index contributed by atoms with van der Waals surface area (Å²) < 4.78 is 1.07. The predicted molar refractivity (Wildman–Crippen MR) is 61.2 cm³/mol. The van der Waals surface area contributed by atoms with Crippen LogP contribution in [-0.4, -0.2) is 6.29 Å². The Morgan fingerprint density at radius 2 is 1.92 bits per heavy atom. The Labute approximate surface area is 94.8 Å². The van der Waals surface area contributed by atoms with Gasteiger partial charge in [0.15, 0.2) is 0 Å². The molecule has 0 aliphatic rings. The van der Waals surface area contributed by atoms with Gasteiger partial charge in [0.2, 0.25) is 0 Å². The highest BCUT2D eigenvalue weighted by atomic mass is 79.9. The van der Waals surface area contributed by atoms with Crippen LogP contribution in [0.4, 0.5) is 0 Å². The van der Waals surface area contributed by atoms with E-state index in [1.807, 2.05) is 0 Å². The average Bonchev–Trinajstić information content (AvgIpc) is 2.14. The largest absolute Gasteiger partial charge is 0.303 e. The van der Waals surface area contributed by atoms with Gasteiger partial charge in [-0.1, -0.05) is 37.9 Å². The monoisotopic (exact) mass is 304 g/mol. The molecule has 70 valence electrons. The van der Waals surface area contributed by atoms with Crippen LogP contribution >= 0.6 is 31.9 Å². The van der Waals surface area contributed by atoms with Crippen molar-refractivity contribution in [1.29, 1.82) is 0 Å². The van der Waals surface area contributed by atoms with Crippen LogP contribution in [0.1, 0.15) is 17.5 Å². The SMILES string of the molecule is O=CCCc1cc(Br)cc(CBr)c1. The number of rotatable bonds is 4. The molecule has 0 N–H and O–H groups in total. The molecule has 0 saturated heterocycles. The minimum Gasteiger partial charge on any atom is -0.303 e. The van der Waals surface area contributed by atoms with Crippen molar-refractivity contribution in [3.05, 3.63) is 33.8 Å². The van der Waals surface area contributed by atoms with Gasteiger partial charge in [0.05, 0.1) is 0 Å². The lowest BCUT2D eigenvalue weighted by molar-refractivity contribution is -0.107. The lowest BCUT2D eigenvalue weighted by atomic mass is 10.1. The maximum absolute atomic E-state index is 10.2. The minimum absolute atomic E-state index is 0.595. The molecule has 1 nitrogen and oxygen atoms in total. The van der Waals surface area contributed by atoms with Crippen molar-refractivity contribution in [2.24, 2.45) is 0 Å². The molecule has 0 heterocycles. The van der Waals surface area contributed by atoms with Crippen LogP contribution < -0.4 is 0 Å². The third-order valence-electron chi connectivity index (χ3n) is 1.72. The van der Waals surface area contributed by atoms with E-state index in [2.05, 4.69) is 50.1 Å². The van der Waals surface area contributed by atoms with Crippen molar-refractivity contribution in [2.45, 2.75) is 18.2 Å². The number of aldehydes is 1. The molecule has 1 rings (SSSR count). The van der Waals surface area contributed by atoms with E-state index >= 15 is 0 Å². The lowest BCUT2D eigenvalue weighted by Crippen LogP contribution is -1.88. The Hall–Kier alpha value is -0.150. The van der Waals surface area contributed by atoms with Crippen molar-refractivity contribution >= 4 is 38.1 Å². The number of hydrogen-bond acceptors (Lipinski definition) is 1. The second kappa shape index (κ2) is 5.55. The first-order chi connectivity index (χ1) is 6.26. The molecule has 0 radical (unpaired) electrons. The second-order valence-corrected chi connectivity index (χ2v) is 4.28. The summed E-state index contributed by atoms with van der Waals surface area (Å²) in [5, 5.41) is 0.848. The van der Waals surface area contributed by atoms with Crippen LogP contribution in [0.25, 0.3) is 0 Å². The van der Waals surface area contributed by atoms with E-state index in [4.69, 9.17) is 0 Å². The zero-order chi connectivity index (χ0) is 9.68. The van der Waals surface area contributed by atoms with Gasteiger partial charge in [-0.15, -0.1) is 0 Å². The third-order valence-corrected chi connectivity index (χ3v) is 2.83. The van der Waals surface area contributed by atoms with E-state index in [1.165, 1.54) is 11.1 Å². The van der Waals surface area contributed by atoms with Gasteiger partial charge in [-0.25, -0.2) is 0 Å². The average molecular weight is 306 g/mol. The van der Waals surface area contributed by atoms with Crippen molar-refractivity contribution < 1.29 is 4.79 Å². The van der Waals surface area contributed by atoms with Crippen LogP contribution in [-0.2, 0) is 16.5 Å². The third kappa shape index (κ3) is 3.61. The molecule has 1 aromatic rings. The van der Waals surface area contributed by atoms with E-state index in [9.17, 15) is 4.79 Å². The molecule has 13 heavy (non-hydrogen) atoms. The van der Waals surface area contributed by atoms with Crippen LogP contribution in [0.5, 0.6) is 0 Å². The summed E-state index contributed by atoms with van der Waals surface area (Å²) in [5.41, 5.74) is 2.44. The zero-order valence-electron chi connectivity index (χ0n) is 7.09. The Kier molecular flexibility index (Phi) is 4.67. The first-order valence-electron chi connectivity index (χ1n) is 4.04. The second-order valence-electron chi connectivity index (χ2n) is 2.81. The summed E-state index contributed by atoms with van der Waals surface area (Å²) in [6.45, 7) is 0. The molecule has 0 bridgehead atoms. The van der Waals surface area contributed by atoms with Gasteiger partial charge in [-0.2, -0.15) is 0 Å². The summed E-state index contributed by atoms with van der Waals surface area (Å²) in [4.78, 5) is 10.2. The van der Waals surface area contributed by atoms with Gasteiger partial charge < -0.3 is 4.79 Å². The smallest absolute Gasteiger partial charge is 0.120 e. The Bertz CT molecular complexity index is 297. The summed E-state index contributed by atoms with van der Waals surface area (Å²) >= 11 is 6.84. The molecule has 0 aliphatic carbocycles. The van der Waals surface area contributed by atoms with Crippen LogP contribution in [0.3, 0.4) is 0 Å². The van der Waals surface area contributed by atoms with E-state index in [0.29, 0.717) is 6.42 Å². The lowest BCUT2D eigenvalue weighted by Gasteiger charge is -2.02. The standard InChI is InChI=1S/C10H10Br2O/c11-7-9-4-8(2-1-3-13)5-10(12)6-9/h3-6H,1-2,7H2. The summed E-state index contributed by atoms with van der Waals surface area (Å²) in [6.07, 6.45) is 2.37. The Morgan fingerprint density at radius 1 is 1.23 bits per heavy atom. The first kappa shape index (κ1) is 10.9. The molecule has 0 spiro atoms. The minimum atomic E-state index is 0.595. The van der Waals surface area contributed by atoms with Crippen LogP contribution in [0, 0.1) is 0 Å². The number of hydrogen-bond donors (Lipinski definition) is 0. The summed E-state index contributed by atoms with van der Waals surface area (Å²) in [6, 6.07) is 6.23. The number of aryl methyl sites for hydroxylation is 1. The van der Waals surface area contributed by atoms with Crippen LogP contribution in [0.2, 0.25) is 0 Å². The highest BCUT2D eigenvalue weighted by Gasteiger charge is 1.98. The van der Waals surface area contributed by atoms with Crippen molar-refractivity contribution in [2.75, 3.05) is 0 Å². The number of halogens is 2. The van der Waals surface area contributed by atoms with Gasteiger partial charge in [0.25, 0.3) is 0 Å². The molecular formula is C10H10Br2O. The summed E-state index contributed by atoms with van der Waals surface area (Å²) in [7, 11) is 0. The molecular weight excluding hydrogens is 296 g/mol. The number of carbonyl (C=O) groups excluding carboxylic acids is 1. The fourth-order valence-corrected chi connectivity index (χ4v) is 2.08. The fraction of sp³-hybridized carbons (Fsp3) is 0.300. The maximum atomic E-state index is 10.2. The van der Waals surface area contributed by atoms with E-state index in [1.54, 1.807) is 0 Å². The molecule has 0 atom stereocenters. The van der Waals surface area contributed by atoms with Crippen molar-refractivity contribution in [3.8, 4) is 0 Å². The van der Waals surface area contributed by atoms with Gasteiger partial charge in [-0.3, -0.25) is 0 Å². The molecule has 0 fully saturated rings.